The molecule has 0 aliphatic carbocycles. The molecule has 19 heteroatoms. The molecule has 0 aliphatic heterocycles. The first-order valence-electron chi connectivity index (χ1n) is 12.0. The Balaban J connectivity index is 2.01. The van der Waals surface area contributed by atoms with Gasteiger partial charge in [0, 0.05) is 28.2 Å². The molecular weight excluding hydrogens is 779 g/mol. The third-order valence-corrected chi connectivity index (χ3v) is 7.26. The predicted molar refractivity (Wildman–Crippen MR) is 139 cm³/mol. The zero-order valence-electron chi connectivity index (χ0n) is 22.2. The number of alkyl halides is 13. The topological polar surface area (TPSA) is 46.6 Å². The normalized spacial score (nSPS) is 13.0. The highest BCUT2D eigenvalue weighted by Crippen LogP contribution is 2.54. The molecule has 0 radical (unpaired) electrons. The van der Waals surface area contributed by atoms with E-state index in [1.807, 2.05) is 0 Å². The minimum atomic E-state index is -6.74. The minimum Gasteiger partial charge on any atom is -0.406 e. The molecule has 0 atom stereocenters. The monoisotopic (exact) mass is 793 g/mol. The van der Waals surface area contributed by atoms with Gasteiger partial charge in [-0.25, -0.2) is 8.78 Å². The summed E-state index contributed by atoms with van der Waals surface area (Å²) >= 11 is 0.880. The van der Waals surface area contributed by atoms with Crippen LogP contribution in [-0.2, 0) is 18.3 Å². The van der Waals surface area contributed by atoms with E-state index in [0.717, 1.165) is 72.1 Å². The van der Waals surface area contributed by atoms with Crippen LogP contribution in [0.1, 0.15) is 37.4 Å². The molecule has 1 amide bonds. The van der Waals surface area contributed by atoms with E-state index in [4.69, 9.17) is 0 Å². The largest absolute Gasteiger partial charge is 0.573 e. The Kier molecular flexibility index (Phi) is 10.0. The van der Waals surface area contributed by atoms with E-state index < -0.39 is 97.8 Å². The summed E-state index contributed by atoms with van der Waals surface area (Å²) in [6, 6.07) is 5.12. The molecule has 4 nitrogen and oxygen atoms in total. The van der Waals surface area contributed by atoms with Crippen molar-refractivity contribution in [3.05, 3.63) is 91.8 Å². The number of rotatable bonds is 7. The standard InChI is InChI=1S/C27H14F14INO3/c1-43(22(45)12-5-7-14(8-6-12)46-27(39,40)41)19-4-2-3-15(21(19)28)20(44)11-16-17(24(30,31)32)9-13(10-18(16)42)23(29,25(33,34)35)26(36,37)38/h2-10H,11H2,1H3. The van der Waals surface area contributed by atoms with Crippen LogP contribution in [0, 0.1) is 9.39 Å². The molecule has 0 fully saturated rings. The molecule has 250 valence electrons. The number of benzene rings is 3. The maximum Gasteiger partial charge on any atom is 0.573 e. The predicted octanol–water partition coefficient (Wildman–Crippen LogP) is 9.34. The van der Waals surface area contributed by atoms with Crippen molar-refractivity contribution < 1.29 is 75.8 Å². The van der Waals surface area contributed by atoms with Crippen molar-refractivity contribution >= 4 is 40.0 Å². The Morgan fingerprint density at radius 1 is 0.804 bits per heavy atom. The molecule has 0 saturated heterocycles. The maximum atomic E-state index is 15.4. The maximum absolute atomic E-state index is 15.4. The van der Waals surface area contributed by atoms with Gasteiger partial charge in [0.25, 0.3) is 5.91 Å². The highest BCUT2D eigenvalue weighted by atomic mass is 127. The van der Waals surface area contributed by atoms with Crippen molar-refractivity contribution in [2.75, 3.05) is 11.9 Å². The van der Waals surface area contributed by atoms with Gasteiger partial charge in [-0.2, -0.15) is 39.5 Å². The minimum absolute atomic E-state index is 0.163. The highest BCUT2D eigenvalue weighted by molar-refractivity contribution is 14.1. The second-order valence-corrected chi connectivity index (χ2v) is 10.5. The molecule has 0 bridgehead atoms. The van der Waals surface area contributed by atoms with Crippen molar-refractivity contribution in [3.63, 3.8) is 0 Å². The lowest BCUT2D eigenvalue weighted by atomic mass is 9.89. The van der Waals surface area contributed by atoms with Crippen LogP contribution in [0.5, 0.6) is 5.75 Å². The number of ether oxygens (including phenoxy) is 1. The first-order chi connectivity index (χ1) is 20.8. The molecule has 46 heavy (non-hydrogen) atoms. The van der Waals surface area contributed by atoms with E-state index in [1.165, 1.54) is 0 Å². The van der Waals surface area contributed by atoms with E-state index in [0.29, 0.717) is 4.90 Å². The van der Waals surface area contributed by atoms with Crippen LogP contribution in [-0.4, -0.2) is 37.5 Å². The number of hydrogen-bond acceptors (Lipinski definition) is 3. The van der Waals surface area contributed by atoms with Crippen molar-refractivity contribution in [2.45, 2.75) is 37.0 Å². The summed E-state index contributed by atoms with van der Waals surface area (Å²) in [5, 5.41) is 0. The van der Waals surface area contributed by atoms with Crippen LogP contribution in [0.25, 0.3) is 0 Å². The SMILES string of the molecule is CN(C(=O)c1ccc(OC(F)(F)F)cc1)c1cccc(C(=O)Cc2c(I)cc(C(F)(C(F)(F)F)C(F)(F)F)cc2C(F)(F)F)c1F. The zero-order chi connectivity index (χ0) is 35.2. The number of carbonyl (C=O) groups is 2. The first kappa shape index (κ1) is 36.8. The van der Waals surface area contributed by atoms with E-state index in [9.17, 15) is 66.7 Å². The van der Waals surface area contributed by atoms with E-state index in [-0.39, 0.29) is 11.6 Å². The van der Waals surface area contributed by atoms with Gasteiger partial charge in [-0.1, -0.05) is 6.07 Å². The second kappa shape index (κ2) is 12.5. The number of amides is 1. The van der Waals surface area contributed by atoms with Crippen molar-refractivity contribution in [2.24, 2.45) is 0 Å². The smallest absolute Gasteiger partial charge is 0.406 e. The molecule has 0 aromatic heterocycles. The average molecular weight is 793 g/mol. The lowest BCUT2D eigenvalue weighted by Gasteiger charge is -2.31. The molecule has 0 aliphatic rings. The van der Waals surface area contributed by atoms with Crippen molar-refractivity contribution in [1.82, 2.24) is 0 Å². The Morgan fingerprint density at radius 3 is 1.83 bits per heavy atom. The fraction of sp³-hybridized carbons (Fsp3) is 0.259. The second-order valence-electron chi connectivity index (χ2n) is 9.31. The number of hydrogen-bond donors (Lipinski definition) is 0. The van der Waals surface area contributed by atoms with Gasteiger partial charge in [0.1, 0.15) is 5.75 Å². The molecule has 0 heterocycles. The summed E-state index contributed by atoms with van der Waals surface area (Å²) in [6.45, 7) is 0. The van der Waals surface area contributed by atoms with Crippen molar-refractivity contribution in [3.8, 4) is 5.75 Å². The Bertz CT molecular complexity index is 1610. The van der Waals surface area contributed by atoms with Gasteiger partial charge < -0.3 is 9.64 Å². The van der Waals surface area contributed by atoms with E-state index in [2.05, 4.69) is 4.74 Å². The third kappa shape index (κ3) is 7.49. The summed E-state index contributed by atoms with van der Waals surface area (Å²) in [7, 11) is 0.975. The lowest BCUT2D eigenvalue weighted by molar-refractivity contribution is -0.348. The fourth-order valence-corrected chi connectivity index (χ4v) is 4.93. The molecule has 0 unspecified atom stereocenters. The van der Waals surface area contributed by atoms with Crippen LogP contribution in [0.2, 0.25) is 0 Å². The van der Waals surface area contributed by atoms with Crippen LogP contribution < -0.4 is 9.64 Å². The number of ketones is 1. The quantitative estimate of drug-likeness (QED) is 0.136. The molecule has 0 saturated carbocycles. The number of halogens is 15. The summed E-state index contributed by atoms with van der Waals surface area (Å²) < 4.78 is 191. The number of nitrogens with zero attached hydrogens (tertiary/aromatic N) is 1. The highest BCUT2D eigenvalue weighted by Gasteiger charge is 2.73. The molecule has 3 rings (SSSR count). The van der Waals surface area contributed by atoms with Gasteiger partial charge in [-0.3, -0.25) is 9.59 Å². The van der Waals surface area contributed by atoms with Crippen LogP contribution >= 0.6 is 22.6 Å². The zero-order valence-corrected chi connectivity index (χ0v) is 24.4. The first-order valence-corrected chi connectivity index (χ1v) is 13.1. The van der Waals surface area contributed by atoms with Gasteiger partial charge in [0.2, 0.25) is 0 Å². The number of Topliss-reactive ketones (excluding diaryl/α,β-unsaturated/α-hetero) is 1. The Hall–Kier alpha value is -3.65. The third-order valence-electron chi connectivity index (χ3n) is 6.30. The summed E-state index contributed by atoms with van der Waals surface area (Å²) in [5.74, 6) is -4.68. The summed E-state index contributed by atoms with van der Waals surface area (Å²) in [6.07, 6.45) is -25.7. The molecule has 3 aromatic rings. The molecular formula is C27H14F14INO3. The van der Waals surface area contributed by atoms with Crippen LogP contribution in [0.15, 0.2) is 54.6 Å². The Labute approximate surface area is 262 Å². The summed E-state index contributed by atoms with van der Waals surface area (Å²) in [5.41, 5.74) is -14.0. The van der Waals surface area contributed by atoms with Crippen LogP contribution in [0.4, 0.5) is 67.2 Å². The van der Waals surface area contributed by atoms with Gasteiger partial charge in [-0.15, -0.1) is 13.2 Å². The lowest BCUT2D eigenvalue weighted by Crippen LogP contribution is -2.50. The molecule has 0 N–H and O–H groups in total. The van der Waals surface area contributed by atoms with E-state index >= 15 is 4.39 Å². The average Bonchev–Trinajstić information content (AvgIpc) is 2.90. The fourth-order valence-electron chi connectivity index (χ4n) is 4.11. The van der Waals surface area contributed by atoms with Gasteiger partial charge in [0.05, 0.1) is 16.8 Å². The van der Waals surface area contributed by atoms with E-state index in [1.54, 1.807) is 0 Å². The van der Waals surface area contributed by atoms with Crippen LogP contribution in [0.3, 0.4) is 0 Å². The Morgan fingerprint density at radius 2 is 1.35 bits per heavy atom. The number of carbonyl (C=O) groups excluding carboxylic acids is 2. The molecule has 3 aromatic carbocycles. The number of anilines is 1. The van der Waals surface area contributed by atoms with Gasteiger partial charge in [0.15, 0.2) is 11.6 Å². The van der Waals surface area contributed by atoms with Crippen molar-refractivity contribution in [1.29, 1.82) is 0 Å². The summed E-state index contributed by atoms with van der Waals surface area (Å²) in [4.78, 5) is 26.4. The molecule has 0 spiro atoms. The van der Waals surface area contributed by atoms with Gasteiger partial charge >= 0.3 is 30.6 Å². The van der Waals surface area contributed by atoms with Gasteiger partial charge in [-0.05, 0) is 76.7 Å².